The first-order chi connectivity index (χ1) is 6.94. The van der Waals surface area contributed by atoms with Crippen LogP contribution in [0.25, 0.3) is 0 Å². The van der Waals surface area contributed by atoms with Gasteiger partial charge in [-0.15, -0.1) is 0 Å². The van der Waals surface area contributed by atoms with Crippen LogP contribution < -0.4 is 5.73 Å². The van der Waals surface area contributed by atoms with E-state index >= 15 is 0 Å². The smallest absolute Gasteiger partial charge is 0.237 e. The molecule has 0 aliphatic carbocycles. The van der Waals surface area contributed by atoms with Crippen molar-refractivity contribution >= 4 is 15.7 Å². The Morgan fingerprint density at radius 2 is 1.81 bits per heavy atom. The van der Waals surface area contributed by atoms with Crippen LogP contribution >= 0.6 is 0 Å². The van der Waals surface area contributed by atoms with Crippen LogP contribution in [0.1, 0.15) is 27.7 Å². The summed E-state index contributed by atoms with van der Waals surface area (Å²) >= 11 is 0. The molecule has 0 saturated carbocycles. The second-order valence-electron chi connectivity index (χ2n) is 5.12. The Hall–Kier alpha value is -0.620. The predicted octanol–water partition coefficient (Wildman–Crippen LogP) is 0.00530. The second kappa shape index (κ2) is 5.14. The van der Waals surface area contributed by atoms with Crippen molar-refractivity contribution in [3.63, 3.8) is 0 Å². The molecular weight excluding hydrogens is 228 g/mol. The van der Waals surface area contributed by atoms with Crippen LogP contribution in [-0.2, 0) is 14.6 Å². The minimum absolute atomic E-state index is 0.00594. The van der Waals surface area contributed by atoms with E-state index in [0.717, 1.165) is 0 Å². The van der Waals surface area contributed by atoms with Crippen LogP contribution in [0.2, 0.25) is 0 Å². The minimum Gasteiger partial charge on any atom is -0.342 e. The van der Waals surface area contributed by atoms with E-state index < -0.39 is 21.1 Å². The van der Waals surface area contributed by atoms with E-state index in [4.69, 9.17) is 5.73 Å². The van der Waals surface area contributed by atoms with Gasteiger partial charge in [0.25, 0.3) is 0 Å². The zero-order valence-electron chi connectivity index (χ0n) is 10.6. The summed E-state index contributed by atoms with van der Waals surface area (Å²) < 4.78 is 23.3. The molecule has 0 unspecified atom stereocenters. The number of carbonyl (C=O) groups is 1. The molecule has 6 heteroatoms. The third kappa shape index (κ3) is 6.07. The average Bonchev–Trinajstić information content (AvgIpc) is 1.96. The van der Waals surface area contributed by atoms with Crippen molar-refractivity contribution in [2.75, 3.05) is 18.6 Å². The fraction of sp³-hybridized carbons (Fsp3) is 0.900. The number of nitrogens with zero attached hydrogens (tertiary/aromatic N) is 1. The highest BCUT2D eigenvalue weighted by molar-refractivity contribution is 7.92. The van der Waals surface area contributed by atoms with E-state index in [-0.39, 0.29) is 17.7 Å². The normalized spacial score (nSPS) is 12.9. The summed E-state index contributed by atoms with van der Waals surface area (Å²) in [6.07, 6.45) is 0. The molecule has 0 aliphatic rings. The molecule has 0 aromatic carbocycles. The molecule has 0 saturated heterocycles. The summed E-state index contributed by atoms with van der Waals surface area (Å²) in [5.41, 5.74) is 4.82. The number of amides is 1. The summed E-state index contributed by atoms with van der Waals surface area (Å²) in [6.45, 7) is 6.91. The standard InChI is InChI=1S/C10H22N2O3S/c1-8(2)12(5)9(13)6-16(14,15)7-10(3,4)11/h8H,6-7,11H2,1-5H3. The van der Waals surface area contributed by atoms with E-state index in [1.807, 2.05) is 13.8 Å². The summed E-state index contributed by atoms with van der Waals surface area (Å²) in [6, 6.07) is -0.00594. The van der Waals surface area contributed by atoms with E-state index in [2.05, 4.69) is 0 Å². The van der Waals surface area contributed by atoms with Crippen molar-refractivity contribution in [1.29, 1.82) is 0 Å². The molecular formula is C10H22N2O3S. The molecule has 0 aliphatic heterocycles. The second-order valence-corrected chi connectivity index (χ2v) is 7.18. The first-order valence-corrected chi connectivity index (χ1v) is 7.02. The highest BCUT2D eigenvalue weighted by atomic mass is 32.2. The monoisotopic (exact) mass is 250 g/mol. The van der Waals surface area contributed by atoms with Gasteiger partial charge < -0.3 is 10.6 Å². The molecule has 2 N–H and O–H groups in total. The fourth-order valence-corrected chi connectivity index (χ4v) is 3.01. The predicted molar refractivity (Wildman–Crippen MR) is 64.8 cm³/mol. The first-order valence-electron chi connectivity index (χ1n) is 5.19. The third-order valence-electron chi connectivity index (χ3n) is 2.10. The van der Waals surface area contributed by atoms with Crippen molar-refractivity contribution in [2.24, 2.45) is 5.73 Å². The number of hydrogen-bond acceptors (Lipinski definition) is 4. The van der Waals surface area contributed by atoms with Gasteiger partial charge in [0.1, 0.15) is 5.75 Å². The van der Waals surface area contributed by atoms with Gasteiger partial charge in [0, 0.05) is 18.6 Å². The van der Waals surface area contributed by atoms with Crippen molar-refractivity contribution in [1.82, 2.24) is 4.90 Å². The molecule has 1 amide bonds. The molecule has 0 bridgehead atoms. The van der Waals surface area contributed by atoms with Crippen molar-refractivity contribution in [2.45, 2.75) is 39.3 Å². The molecule has 0 heterocycles. The molecule has 0 atom stereocenters. The van der Waals surface area contributed by atoms with Crippen molar-refractivity contribution in [3.8, 4) is 0 Å². The highest BCUT2D eigenvalue weighted by Gasteiger charge is 2.26. The molecule has 16 heavy (non-hydrogen) atoms. The maximum atomic E-state index is 11.7. The van der Waals surface area contributed by atoms with Crippen LogP contribution in [0.5, 0.6) is 0 Å². The summed E-state index contributed by atoms with van der Waals surface area (Å²) in [4.78, 5) is 13.0. The van der Waals surface area contributed by atoms with Gasteiger partial charge in [0.15, 0.2) is 9.84 Å². The van der Waals surface area contributed by atoms with Crippen LogP contribution in [0.3, 0.4) is 0 Å². The zero-order chi connectivity index (χ0) is 13.1. The molecule has 96 valence electrons. The summed E-state index contributed by atoms with van der Waals surface area (Å²) in [7, 11) is -1.84. The number of hydrogen-bond donors (Lipinski definition) is 1. The van der Waals surface area contributed by atoms with Gasteiger partial charge in [-0.2, -0.15) is 0 Å². The maximum Gasteiger partial charge on any atom is 0.237 e. The van der Waals surface area contributed by atoms with E-state index in [1.165, 1.54) is 4.90 Å². The lowest BCUT2D eigenvalue weighted by molar-refractivity contribution is -0.128. The molecule has 0 aromatic heterocycles. The molecule has 0 fully saturated rings. The Balaban J connectivity index is 4.56. The van der Waals surface area contributed by atoms with Crippen LogP contribution in [0.15, 0.2) is 0 Å². The fourth-order valence-electron chi connectivity index (χ4n) is 1.20. The molecule has 0 rings (SSSR count). The lowest BCUT2D eigenvalue weighted by Gasteiger charge is -2.23. The van der Waals surface area contributed by atoms with Gasteiger partial charge in [-0.1, -0.05) is 0 Å². The van der Waals surface area contributed by atoms with Crippen LogP contribution in [0.4, 0.5) is 0 Å². The van der Waals surface area contributed by atoms with E-state index in [1.54, 1.807) is 20.9 Å². The first kappa shape index (κ1) is 15.4. The van der Waals surface area contributed by atoms with E-state index in [0.29, 0.717) is 0 Å². The molecule has 0 radical (unpaired) electrons. The highest BCUT2D eigenvalue weighted by Crippen LogP contribution is 2.05. The quantitative estimate of drug-likeness (QED) is 0.745. The lowest BCUT2D eigenvalue weighted by Crippen LogP contribution is -2.44. The minimum atomic E-state index is -3.43. The van der Waals surface area contributed by atoms with Gasteiger partial charge in [-0.05, 0) is 27.7 Å². The Morgan fingerprint density at radius 1 is 1.38 bits per heavy atom. The van der Waals surface area contributed by atoms with Gasteiger partial charge in [0.05, 0.1) is 5.75 Å². The molecule has 0 spiro atoms. The molecule has 5 nitrogen and oxygen atoms in total. The number of sulfone groups is 1. The third-order valence-corrected chi connectivity index (χ3v) is 3.97. The Bertz CT molecular complexity index is 342. The van der Waals surface area contributed by atoms with Crippen LogP contribution in [-0.4, -0.2) is 49.4 Å². The Labute approximate surface area is 97.9 Å². The van der Waals surface area contributed by atoms with Crippen molar-refractivity contribution < 1.29 is 13.2 Å². The Morgan fingerprint density at radius 3 is 2.12 bits per heavy atom. The molecule has 0 aromatic rings. The number of nitrogens with two attached hydrogens (primary N) is 1. The average molecular weight is 250 g/mol. The van der Waals surface area contributed by atoms with Crippen molar-refractivity contribution in [3.05, 3.63) is 0 Å². The van der Waals surface area contributed by atoms with Gasteiger partial charge in [0.2, 0.25) is 5.91 Å². The van der Waals surface area contributed by atoms with Gasteiger partial charge in [-0.25, -0.2) is 8.42 Å². The van der Waals surface area contributed by atoms with Gasteiger partial charge in [-0.3, -0.25) is 4.79 Å². The zero-order valence-corrected chi connectivity index (χ0v) is 11.5. The van der Waals surface area contributed by atoms with Crippen LogP contribution in [0, 0.1) is 0 Å². The maximum absolute atomic E-state index is 11.7. The topological polar surface area (TPSA) is 80.5 Å². The summed E-state index contributed by atoms with van der Waals surface area (Å²) in [5.74, 6) is -1.04. The number of carbonyl (C=O) groups excluding carboxylic acids is 1. The number of rotatable bonds is 5. The Kier molecular flexibility index (Phi) is 4.94. The summed E-state index contributed by atoms with van der Waals surface area (Å²) in [5, 5.41) is 0. The SMILES string of the molecule is CC(C)N(C)C(=O)CS(=O)(=O)CC(C)(C)N. The van der Waals surface area contributed by atoms with E-state index in [9.17, 15) is 13.2 Å². The lowest BCUT2D eigenvalue weighted by atomic mass is 10.1. The largest absolute Gasteiger partial charge is 0.342 e. The van der Waals surface area contributed by atoms with Gasteiger partial charge >= 0.3 is 0 Å².